The first-order valence-corrected chi connectivity index (χ1v) is 4.77. The van der Waals surface area contributed by atoms with Gasteiger partial charge in [0.2, 0.25) is 0 Å². The van der Waals surface area contributed by atoms with Gasteiger partial charge in [-0.2, -0.15) is 5.10 Å². The SMILES string of the molecule is CC(CC(=O)O)c1ccnn1C(C)C. The van der Waals surface area contributed by atoms with Crippen LogP contribution >= 0.6 is 0 Å². The van der Waals surface area contributed by atoms with Crippen molar-refractivity contribution in [3.05, 3.63) is 18.0 Å². The van der Waals surface area contributed by atoms with Crippen LogP contribution < -0.4 is 0 Å². The molecule has 1 N–H and O–H groups in total. The molecule has 14 heavy (non-hydrogen) atoms. The molecule has 0 saturated carbocycles. The second-order valence-corrected chi connectivity index (χ2v) is 3.79. The van der Waals surface area contributed by atoms with Crippen LogP contribution in [0.25, 0.3) is 0 Å². The van der Waals surface area contributed by atoms with Crippen molar-refractivity contribution in [2.24, 2.45) is 0 Å². The van der Waals surface area contributed by atoms with Crippen LogP contribution in [0.15, 0.2) is 12.3 Å². The standard InChI is InChI=1S/C10H16N2O2/c1-7(2)12-9(4-5-11-12)8(3)6-10(13)14/h4-5,7-8H,6H2,1-3H3,(H,13,14). The number of nitrogens with zero attached hydrogens (tertiary/aromatic N) is 2. The molecule has 1 aromatic rings. The zero-order valence-corrected chi connectivity index (χ0v) is 8.77. The number of aromatic nitrogens is 2. The van der Waals surface area contributed by atoms with Crippen molar-refractivity contribution in [1.29, 1.82) is 0 Å². The van der Waals surface area contributed by atoms with E-state index in [1.807, 2.05) is 31.5 Å². The Kier molecular flexibility index (Phi) is 3.28. The van der Waals surface area contributed by atoms with Crippen LogP contribution in [0.1, 0.15) is 44.8 Å². The van der Waals surface area contributed by atoms with Crippen LogP contribution in [0.2, 0.25) is 0 Å². The lowest BCUT2D eigenvalue weighted by Crippen LogP contribution is -2.12. The van der Waals surface area contributed by atoms with Gasteiger partial charge in [-0.05, 0) is 19.9 Å². The Labute approximate surface area is 83.5 Å². The van der Waals surface area contributed by atoms with E-state index in [2.05, 4.69) is 5.10 Å². The smallest absolute Gasteiger partial charge is 0.304 e. The number of aliphatic carboxylic acids is 1. The molecule has 1 atom stereocenters. The molecule has 78 valence electrons. The Hall–Kier alpha value is -1.32. The molecule has 4 nitrogen and oxygen atoms in total. The van der Waals surface area contributed by atoms with Crippen molar-refractivity contribution < 1.29 is 9.90 Å². The molecule has 0 radical (unpaired) electrons. The average Bonchev–Trinajstić information content (AvgIpc) is 2.49. The van der Waals surface area contributed by atoms with E-state index >= 15 is 0 Å². The molecule has 1 aromatic heterocycles. The van der Waals surface area contributed by atoms with Crippen molar-refractivity contribution in [3.8, 4) is 0 Å². The van der Waals surface area contributed by atoms with E-state index in [1.54, 1.807) is 6.20 Å². The van der Waals surface area contributed by atoms with E-state index in [0.29, 0.717) is 0 Å². The van der Waals surface area contributed by atoms with Crippen molar-refractivity contribution >= 4 is 5.97 Å². The van der Waals surface area contributed by atoms with Gasteiger partial charge >= 0.3 is 5.97 Å². The second kappa shape index (κ2) is 4.26. The van der Waals surface area contributed by atoms with Crippen LogP contribution in [-0.4, -0.2) is 20.9 Å². The monoisotopic (exact) mass is 196 g/mol. The Balaban J connectivity index is 2.83. The quantitative estimate of drug-likeness (QED) is 0.801. The summed E-state index contributed by atoms with van der Waals surface area (Å²) < 4.78 is 1.87. The molecule has 0 spiro atoms. The summed E-state index contributed by atoms with van der Waals surface area (Å²) in [5.41, 5.74) is 0.988. The predicted octanol–water partition coefficient (Wildman–Crippen LogP) is 2.04. The molecule has 0 fully saturated rings. The maximum absolute atomic E-state index is 10.6. The first-order chi connectivity index (χ1) is 6.52. The maximum atomic E-state index is 10.6. The van der Waals surface area contributed by atoms with E-state index < -0.39 is 5.97 Å². The predicted molar refractivity (Wildman–Crippen MR) is 53.3 cm³/mol. The van der Waals surface area contributed by atoms with Gasteiger partial charge in [0.05, 0.1) is 6.42 Å². The lowest BCUT2D eigenvalue weighted by Gasteiger charge is -2.14. The third-order valence-electron chi connectivity index (χ3n) is 2.18. The first kappa shape index (κ1) is 10.8. The number of carboxylic acid groups (broad SMARTS) is 1. The van der Waals surface area contributed by atoms with E-state index in [9.17, 15) is 4.79 Å². The van der Waals surface area contributed by atoms with E-state index in [0.717, 1.165) is 5.69 Å². The summed E-state index contributed by atoms with van der Waals surface area (Å²) in [5, 5.41) is 12.9. The fourth-order valence-electron chi connectivity index (χ4n) is 1.51. The Bertz CT molecular complexity index is 318. The van der Waals surface area contributed by atoms with Crippen molar-refractivity contribution in [3.63, 3.8) is 0 Å². The van der Waals surface area contributed by atoms with Crippen LogP contribution in [-0.2, 0) is 4.79 Å². The molecule has 0 aliphatic carbocycles. The van der Waals surface area contributed by atoms with Crippen molar-refractivity contribution in [1.82, 2.24) is 9.78 Å². The maximum Gasteiger partial charge on any atom is 0.304 e. The highest BCUT2D eigenvalue weighted by molar-refractivity contribution is 5.67. The molecular weight excluding hydrogens is 180 g/mol. The molecule has 0 saturated heterocycles. The molecule has 0 bridgehead atoms. The zero-order valence-electron chi connectivity index (χ0n) is 8.77. The minimum atomic E-state index is -0.769. The van der Waals surface area contributed by atoms with Gasteiger partial charge in [-0.1, -0.05) is 6.92 Å². The van der Waals surface area contributed by atoms with Crippen molar-refractivity contribution in [2.45, 2.75) is 39.2 Å². The molecule has 0 aromatic carbocycles. The number of hydrogen-bond donors (Lipinski definition) is 1. The Morgan fingerprint density at radius 3 is 2.71 bits per heavy atom. The van der Waals surface area contributed by atoms with Gasteiger partial charge in [0.15, 0.2) is 0 Å². The van der Waals surface area contributed by atoms with E-state index in [4.69, 9.17) is 5.11 Å². The fourth-order valence-corrected chi connectivity index (χ4v) is 1.51. The van der Waals surface area contributed by atoms with Crippen LogP contribution in [0.4, 0.5) is 0 Å². The summed E-state index contributed by atoms with van der Waals surface area (Å²) >= 11 is 0. The zero-order chi connectivity index (χ0) is 10.7. The molecular formula is C10H16N2O2. The van der Waals surface area contributed by atoms with Crippen LogP contribution in [0, 0.1) is 0 Å². The molecule has 0 aliphatic heterocycles. The molecule has 0 amide bonds. The van der Waals surface area contributed by atoms with Gasteiger partial charge in [0.1, 0.15) is 0 Å². The molecule has 1 heterocycles. The number of hydrogen-bond acceptors (Lipinski definition) is 2. The highest BCUT2D eigenvalue weighted by Crippen LogP contribution is 2.21. The average molecular weight is 196 g/mol. The van der Waals surface area contributed by atoms with Crippen molar-refractivity contribution in [2.75, 3.05) is 0 Å². The molecule has 4 heteroatoms. The topological polar surface area (TPSA) is 55.1 Å². The van der Waals surface area contributed by atoms with Crippen LogP contribution in [0.3, 0.4) is 0 Å². The first-order valence-electron chi connectivity index (χ1n) is 4.77. The Morgan fingerprint density at radius 2 is 2.21 bits per heavy atom. The number of carbonyl (C=O) groups is 1. The molecule has 1 rings (SSSR count). The highest BCUT2D eigenvalue weighted by Gasteiger charge is 2.15. The minimum Gasteiger partial charge on any atom is -0.481 e. The summed E-state index contributed by atoms with van der Waals surface area (Å²) in [6.45, 7) is 5.97. The molecule has 1 unspecified atom stereocenters. The van der Waals surface area contributed by atoms with Gasteiger partial charge in [-0.15, -0.1) is 0 Å². The summed E-state index contributed by atoms with van der Waals surface area (Å²) in [6.07, 6.45) is 1.87. The summed E-state index contributed by atoms with van der Waals surface area (Å²) in [7, 11) is 0. The van der Waals surface area contributed by atoms with Gasteiger partial charge < -0.3 is 5.11 Å². The van der Waals surface area contributed by atoms with Crippen LogP contribution in [0.5, 0.6) is 0 Å². The van der Waals surface area contributed by atoms with E-state index in [-0.39, 0.29) is 18.4 Å². The summed E-state index contributed by atoms with van der Waals surface area (Å²) in [6, 6.07) is 2.16. The largest absolute Gasteiger partial charge is 0.481 e. The highest BCUT2D eigenvalue weighted by atomic mass is 16.4. The number of carboxylic acids is 1. The van der Waals surface area contributed by atoms with Gasteiger partial charge in [0.25, 0.3) is 0 Å². The van der Waals surface area contributed by atoms with Gasteiger partial charge in [-0.3, -0.25) is 9.48 Å². The van der Waals surface area contributed by atoms with Gasteiger partial charge in [-0.25, -0.2) is 0 Å². The second-order valence-electron chi connectivity index (χ2n) is 3.79. The third-order valence-corrected chi connectivity index (χ3v) is 2.18. The lowest BCUT2D eigenvalue weighted by atomic mass is 10.0. The minimum absolute atomic E-state index is 0.0115. The lowest BCUT2D eigenvalue weighted by molar-refractivity contribution is -0.137. The third kappa shape index (κ3) is 2.34. The number of rotatable bonds is 4. The van der Waals surface area contributed by atoms with E-state index in [1.165, 1.54) is 0 Å². The van der Waals surface area contributed by atoms with Gasteiger partial charge in [0, 0.05) is 23.9 Å². The fraction of sp³-hybridized carbons (Fsp3) is 0.600. The summed E-state index contributed by atoms with van der Waals surface area (Å²) in [5.74, 6) is -0.758. The molecule has 0 aliphatic rings. The summed E-state index contributed by atoms with van der Waals surface area (Å²) in [4.78, 5) is 10.6. The normalized spacial score (nSPS) is 13.1. The Morgan fingerprint density at radius 1 is 1.57 bits per heavy atom.